The predicted octanol–water partition coefficient (Wildman–Crippen LogP) is 3.00. The third kappa shape index (κ3) is 7.45. The van der Waals surface area contributed by atoms with E-state index >= 15 is 0 Å². The molecule has 0 aliphatic heterocycles. The number of thiophene rings is 1. The van der Waals surface area contributed by atoms with Crippen LogP contribution < -0.4 is 10.1 Å². The zero-order valence-corrected chi connectivity index (χ0v) is 24.8. The number of fused-ring (bicyclic) bond motifs is 2. The van der Waals surface area contributed by atoms with Crippen molar-refractivity contribution in [1.29, 1.82) is 0 Å². The number of hydrogen-bond acceptors (Lipinski definition) is 10. The minimum Gasteiger partial charge on any atom is -0.465 e. The van der Waals surface area contributed by atoms with Crippen molar-refractivity contribution in [2.75, 3.05) is 30.5 Å². The van der Waals surface area contributed by atoms with Gasteiger partial charge in [0.25, 0.3) is 5.91 Å². The van der Waals surface area contributed by atoms with E-state index in [-0.39, 0.29) is 28.5 Å². The van der Waals surface area contributed by atoms with E-state index in [1.165, 1.54) is 41.2 Å². The molecule has 3 aromatic rings. The number of rotatable bonds is 9. The zero-order valence-electron chi connectivity index (χ0n) is 22.4. The van der Waals surface area contributed by atoms with Crippen molar-refractivity contribution < 1.29 is 41.5 Å². The molecule has 0 spiro atoms. The number of anilines is 1. The lowest BCUT2D eigenvalue weighted by Gasteiger charge is -2.08. The molecule has 11 nitrogen and oxygen atoms in total. The standard InChI is InChI=1S/C26H28FN3O8S3/c1-3-38-22(33)12-30-17-10-9-15(27)11-19(17)40-26(30)29-21(32)14-41(35,36)13-20(31)28-24-23(25(34)37-2)16-7-5-4-6-8-18(16)39-24/h9-11H,3-8,12-14H2,1-2H3,(H,28,31). The van der Waals surface area contributed by atoms with E-state index < -0.39 is 50.9 Å². The molecule has 4 rings (SSSR count). The van der Waals surface area contributed by atoms with Crippen LogP contribution in [-0.4, -0.2) is 62.0 Å². The summed E-state index contributed by atoms with van der Waals surface area (Å²) in [5.41, 5.74) is 1.46. The number of hydrogen-bond donors (Lipinski definition) is 1. The highest BCUT2D eigenvalue weighted by Crippen LogP contribution is 2.38. The Morgan fingerprint density at radius 1 is 1.10 bits per heavy atom. The van der Waals surface area contributed by atoms with Gasteiger partial charge in [-0.15, -0.1) is 11.3 Å². The minimum absolute atomic E-state index is 0.0221. The molecule has 0 unspecified atom stereocenters. The molecule has 1 aliphatic rings. The summed E-state index contributed by atoms with van der Waals surface area (Å²) < 4.78 is 50.9. The second-order valence-electron chi connectivity index (χ2n) is 9.23. The van der Waals surface area contributed by atoms with Gasteiger partial charge in [-0.2, -0.15) is 4.99 Å². The number of nitrogens with one attached hydrogen (secondary N) is 1. The first-order chi connectivity index (χ1) is 19.5. The smallest absolute Gasteiger partial charge is 0.341 e. The number of nitrogens with zero attached hydrogens (tertiary/aromatic N) is 2. The van der Waals surface area contributed by atoms with Gasteiger partial charge in [-0.25, -0.2) is 17.6 Å². The third-order valence-electron chi connectivity index (χ3n) is 6.22. The summed E-state index contributed by atoms with van der Waals surface area (Å²) in [6, 6.07) is 3.80. The van der Waals surface area contributed by atoms with Gasteiger partial charge in [0.05, 0.1) is 29.5 Å². The van der Waals surface area contributed by atoms with E-state index in [2.05, 4.69) is 10.3 Å². The van der Waals surface area contributed by atoms with Crippen LogP contribution in [0.5, 0.6) is 0 Å². The summed E-state index contributed by atoms with van der Waals surface area (Å²) >= 11 is 2.12. The van der Waals surface area contributed by atoms with Crippen LogP contribution in [-0.2, 0) is 53.1 Å². The molecule has 0 saturated carbocycles. The van der Waals surface area contributed by atoms with Crippen LogP contribution in [0.25, 0.3) is 10.2 Å². The Labute approximate surface area is 242 Å². The zero-order chi connectivity index (χ0) is 29.7. The molecule has 41 heavy (non-hydrogen) atoms. The fraction of sp³-hybridized carbons (Fsp3) is 0.423. The van der Waals surface area contributed by atoms with Crippen molar-refractivity contribution in [3.05, 3.63) is 44.8 Å². The molecular weight excluding hydrogens is 597 g/mol. The molecule has 0 fully saturated rings. The number of aromatic nitrogens is 1. The lowest BCUT2D eigenvalue weighted by Crippen LogP contribution is -2.29. The van der Waals surface area contributed by atoms with Crippen molar-refractivity contribution in [2.24, 2.45) is 4.99 Å². The third-order valence-corrected chi connectivity index (χ3v) is 9.85. The highest BCUT2D eigenvalue weighted by molar-refractivity contribution is 7.92. The number of ether oxygens (including phenoxy) is 2. The number of aryl methyl sites for hydroxylation is 1. The molecule has 0 radical (unpaired) electrons. The minimum atomic E-state index is -4.27. The lowest BCUT2D eigenvalue weighted by atomic mass is 10.1. The molecule has 220 valence electrons. The lowest BCUT2D eigenvalue weighted by molar-refractivity contribution is -0.143. The molecule has 0 bridgehead atoms. The van der Waals surface area contributed by atoms with Gasteiger partial charge in [-0.05, 0) is 56.4 Å². The first-order valence-electron chi connectivity index (χ1n) is 12.8. The van der Waals surface area contributed by atoms with E-state index in [0.717, 1.165) is 47.5 Å². The maximum Gasteiger partial charge on any atom is 0.341 e. The summed E-state index contributed by atoms with van der Waals surface area (Å²) in [6.45, 7) is 1.43. The van der Waals surface area contributed by atoms with Gasteiger partial charge in [0.1, 0.15) is 28.9 Å². The molecular formula is C26H28FN3O8S3. The van der Waals surface area contributed by atoms with E-state index in [1.807, 2.05) is 0 Å². The first-order valence-corrected chi connectivity index (χ1v) is 16.2. The monoisotopic (exact) mass is 625 g/mol. The Morgan fingerprint density at radius 3 is 2.59 bits per heavy atom. The maximum absolute atomic E-state index is 13.8. The molecule has 15 heteroatoms. The van der Waals surface area contributed by atoms with Crippen molar-refractivity contribution in [2.45, 2.75) is 45.6 Å². The van der Waals surface area contributed by atoms with Crippen LogP contribution in [0.1, 0.15) is 47.0 Å². The number of benzene rings is 1. The molecule has 0 saturated heterocycles. The second-order valence-corrected chi connectivity index (χ2v) is 13.4. The normalized spacial score (nSPS) is 13.9. The highest BCUT2D eigenvalue weighted by Gasteiger charge is 2.28. The maximum atomic E-state index is 13.8. The topological polar surface area (TPSA) is 150 Å². The van der Waals surface area contributed by atoms with E-state index in [4.69, 9.17) is 9.47 Å². The summed E-state index contributed by atoms with van der Waals surface area (Å²) in [4.78, 5) is 54.8. The number of thiazole rings is 1. The molecule has 2 heterocycles. The average molecular weight is 626 g/mol. The van der Waals surface area contributed by atoms with E-state index in [1.54, 1.807) is 6.92 Å². The SMILES string of the molecule is CCOC(=O)Cn1c(=NC(=O)CS(=O)(=O)CC(=O)Nc2sc3c(c2C(=O)OC)CCCCC3)sc2cc(F)ccc21. The number of sulfone groups is 1. The van der Waals surface area contributed by atoms with Crippen LogP contribution in [0, 0.1) is 5.82 Å². The number of halogens is 1. The van der Waals surface area contributed by atoms with Crippen molar-refractivity contribution in [3.8, 4) is 0 Å². The molecule has 2 aromatic heterocycles. The Balaban J connectivity index is 1.53. The van der Waals surface area contributed by atoms with Gasteiger partial charge in [0, 0.05) is 4.88 Å². The largest absolute Gasteiger partial charge is 0.465 e. The van der Waals surface area contributed by atoms with Gasteiger partial charge in [0.15, 0.2) is 14.6 Å². The Hall–Kier alpha value is -3.43. The summed E-state index contributed by atoms with van der Waals surface area (Å²) in [6.07, 6.45) is 4.24. The fourth-order valence-electron chi connectivity index (χ4n) is 4.51. The number of carbonyl (C=O) groups excluding carboxylic acids is 4. The summed E-state index contributed by atoms with van der Waals surface area (Å²) in [5, 5.41) is 2.74. The first kappa shape index (κ1) is 30.5. The van der Waals surface area contributed by atoms with Crippen molar-refractivity contribution >= 4 is 71.5 Å². The van der Waals surface area contributed by atoms with Gasteiger partial charge in [0.2, 0.25) is 5.91 Å². The van der Waals surface area contributed by atoms with Gasteiger partial charge >= 0.3 is 11.9 Å². The number of amides is 2. The molecule has 2 amide bonds. The molecule has 1 aromatic carbocycles. The van der Waals surface area contributed by atoms with Crippen LogP contribution >= 0.6 is 22.7 Å². The quantitative estimate of drug-likeness (QED) is 0.282. The molecule has 0 atom stereocenters. The van der Waals surface area contributed by atoms with Crippen LogP contribution in [0.15, 0.2) is 23.2 Å². The van der Waals surface area contributed by atoms with Crippen LogP contribution in [0.2, 0.25) is 0 Å². The van der Waals surface area contributed by atoms with Gasteiger partial charge in [-0.1, -0.05) is 17.8 Å². The highest BCUT2D eigenvalue weighted by atomic mass is 32.2. The van der Waals surface area contributed by atoms with Crippen LogP contribution in [0.4, 0.5) is 9.39 Å². The fourth-order valence-corrected chi connectivity index (χ4v) is 7.89. The number of methoxy groups -OCH3 is 1. The van der Waals surface area contributed by atoms with Crippen molar-refractivity contribution in [1.82, 2.24) is 4.57 Å². The van der Waals surface area contributed by atoms with Gasteiger partial charge in [-0.3, -0.25) is 14.4 Å². The predicted molar refractivity (Wildman–Crippen MR) is 151 cm³/mol. The molecule has 1 aliphatic carbocycles. The summed E-state index contributed by atoms with van der Waals surface area (Å²) in [5.74, 6) is -5.84. The van der Waals surface area contributed by atoms with E-state index in [0.29, 0.717) is 16.6 Å². The Morgan fingerprint density at radius 2 is 1.85 bits per heavy atom. The summed E-state index contributed by atoms with van der Waals surface area (Å²) in [7, 11) is -3.04. The second kappa shape index (κ2) is 13.0. The van der Waals surface area contributed by atoms with E-state index in [9.17, 15) is 32.0 Å². The average Bonchev–Trinajstić information content (AvgIpc) is 3.28. The number of carbonyl (C=O) groups is 4. The van der Waals surface area contributed by atoms with Crippen LogP contribution in [0.3, 0.4) is 0 Å². The Bertz CT molecular complexity index is 1690. The molecule has 1 N–H and O–H groups in total. The Kier molecular flexibility index (Phi) is 9.71. The number of esters is 2. The van der Waals surface area contributed by atoms with Crippen molar-refractivity contribution in [3.63, 3.8) is 0 Å². The van der Waals surface area contributed by atoms with Gasteiger partial charge < -0.3 is 19.4 Å².